The average molecular weight is 487 g/mol. The lowest BCUT2D eigenvalue weighted by atomic mass is 10.0. The van der Waals surface area contributed by atoms with Crippen molar-refractivity contribution in [1.82, 2.24) is 5.32 Å². The van der Waals surface area contributed by atoms with Crippen LogP contribution in [0.15, 0.2) is 78.4 Å². The van der Waals surface area contributed by atoms with Crippen molar-refractivity contribution in [2.75, 3.05) is 4.90 Å². The zero-order chi connectivity index (χ0) is 24.9. The van der Waals surface area contributed by atoms with Crippen molar-refractivity contribution in [2.45, 2.75) is 20.0 Å². The SMILES string of the molecule is CCc1ccccc1N1C(=O)/C(=C/c2ccccc2OCc2ccc(C(=O)O)cc2)C(=O)NC1=S. The molecular formula is C27H22N2O5S. The number of hydrogen-bond acceptors (Lipinski definition) is 5. The second kappa shape index (κ2) is 10.3. The maximum atomic E-state index is 13.4. The molecule has 2 amide bonds. The van der Waals surface area contributed by atoms with Gasteiger partial charge in [-0.25, -0.2) is 4.79 Å². The highest BCUT2D eigenvalue weighted by Gasteiger charge is 2.35. The highest BCUT2D eigenvalue weighted by molar-refractivity contribution is 7.80. The molecule has 1 aliphatic heterocycles. The molecule has 3 aromatic rings. The third kappa shape index (κ3) is 5.12. The number of para-hydroxylation sites is 2. The first kappa shape index (κ1) is 23.8. The molecule has 7 nitrogen and oxygen atoms in total. The first-order valence-electron chi connectivity index (χ1n) is 10.9. The fraction of sp³-hybridized carbons (Fsp3) is 0.111. The van der Waals surface area contributed by atoms with Crippen LogP contribution >= 0.6 is 12.2 Å². The van der Waals surface area contributed by atoms with E-state index in [1.54, 1.807) is 42.5 Å². The smallest absolute Gasteiger partial charge is 0.335 e. The van der Waals surface area contributed by atoms with E-state index in [4.69, 9.17) is 22.1 Å². The molecule has 0 aliphatic carbocycles. The second-order valence-corrected chi connectivity index (χ2v) is 8.16. The largest absolute Gasteiger partial charge is 0.488 e. The molecule has 0 spiro atoms. The van der Waals surface area contributed by atoms with Crippen molar-refractivity contribution in [1.29, 1.82) is 0 Å². The molecule has 0 saturated carbocycles. The number of carbonyl (C=O) groups excluding carboxylic acids is 2. The lowest BCUT2D eigenvalue weighted by Gasteiger charge is -2.30. The third-order valence-corrected chi connectivity index (χ3v) is 5.81. The van der Waals surface area contributed by atoms with E-state index in [1.165, 1.54) is 23.1 Å². The van der Waals surface area contributed by atoms with E-state index in [0.29, 0.717) is 23.4 Å². The average Bonchev–Trinajstić information content (AvgIpc) is 2.86. The van der Waals surface area contributed by atoms with E-state index in [9.17, 15) is 14.4 Å². The minimum Gasteiger partial charge on any atom is -0.488 e. The lowest BCUT2D eigenvalue weighted by molar-refractivity contribution is -0.122. The van der Waals surface area contributed by atoms with Gasteiger partial charge >= 0.3 is 5.97 Å². The van der Waals surface area contributed by atoms with Gasteiger partial charge in [0.1, 0.15) is 17.9 Å². The highest BCUT2D eigenvalue weighted by atomic mass is 32.1. The molecule has 2 N–H and O–H groups in total. The maximum absolute atomic E-state index is 13.4. The molecule has 3 aromatic carbocycles. The fourth-order valence-electron chi connectivity index (χ4n) is 3.70. The number of aromatic carboxylic acids is 1. The van der Waals surface area contributed by atoms with E-state index < -0.39 is 17.8 Å². The summed E-state index contributed by atoms with van der Waals surface area (Å²) in [5, 5.41) is 11.7. The van der Waals surface area contributed by atoms with Gasteiger partial charge in [-0.3, -0.25) is 19.8 Å². The molecule has 0 atom stereocenters. The van der Waals surface area contributed by atoms with Crippen LogP contribution in [0.2, 0.25) is 0 Å². The van der Waals surface area contributed by atoms with Crippen LogP contribution in [0.5, 0.6) is 5.75 Å². The van der Waals surface area contributed by atoms with E-state index >= 15 is 0 Å². The third-order valence-electron chi connectivity index (χ3n) is 5.53. The Kier molecular flexibility index (Phi) is 7.03. The van der Waals surface area contributed by atoms with Gasteiger partial charge in [-0.1, -0.05) is 55.5 Å². The van der Waals surface area contributed by atoms with Gasteiger partial charge in [-0.15, -0.1) is 0 Å². The summed E-state index contributed by atoms with van der Waals surface area (Å²) in [7, 11) is 0. The Labute approximate surface area is 207 Å². The van der Waals surface area contributed by atoms with Gasteiger partial charge in [0.25, 0.3) is 11.8 Å². The number of rotatable bonds is 7. The fourth-order valence-corrected chi connectivity index (χ4v) is 3.97. The second-order valence-electron chi connectivity index (χ2n) is 7.77. The van der Waals surface area contributed by atoms with Gasteiger partial charge in [-0.05, 0) is 60.1 Å². The molecular weight excluding hydrogens is 464 g/mol. The monoisotopic (exact) mass is 486 g/mol. The van der Waals surface area contributed by atoms with Gasteiger partial charge in [-0.2, -0.15) is 0 Å². The minimum atomic E-state index is -1.00. The number of aryl methyl sites for hydroxylation is 1. The molecule has 0 radical (unpaired) electrons. The molecule has 1 aliphatic rings. The van der Waals surface area contributed by atoms with E-state index in [-0.39, 0.29) is 22.9 Å². The van der Waals surface area contributed by atoms with Crippen molar-refractivity contribution in [2.24, 2.45) is 0 Å². The predicted molar refractivity (Wildman–Crippen MR) is 136 cm³/mol. The van der Waals surface area contributed by atoms with Crippen LogP contribution < -0.4 is 15.0 Å². The van der Waals surface area contributed by atoms with Crippen LogP contribution in [0.25, 0.3) is 6.08 Å². The molecule has 4 rings (SSSR count). The summed E-state index contributed by atoms with van der Waals surface area (Å²) in [6.45, 7) is 2.16. The summed E-state index contributed by atoms with van der Waals surface area (Å²) in [4.78, 5) is 38.5. The number of thiocarbonyl (C=S) groups is 1. The number of anilines is 1. The summed E-state index contributed by atoms with van der Waals surface area (Å²) >= 11 is 5.32. The van der Waals surface area contributed by atoms with Crippen LogP contribution in [0, 0.1) is 0 Å². The Hall–Kier alpha value is -4.30. The predicted octanol–water partition coefficient (Wildman–Crippen LogP) is 4.36. The number of ether oxygens (including phenoxy) is 1. The lowest BCUT2D eigenvalue weighted by Crippen LogP contribution is -2.54. The molecule has 176 valence electrons. The molecule has 1 heterocycles. The zero-order valence-electron chi connectivity index (χ0n) is 18.9. The number of carboxylic acids is 1. The van der Waals surface area contributed by atoms with Gasteiger partial charge in [0.2, 0.25) is 0 Å². The quantitative estimate of drug-likeness (QED) is 0.293. The van der Waals surface area contributed by atoms with Gasteiger partial charge < -0.3 is 9.84 Å². The summed E-state index contributed by atoms with van der Waals surface area (Å²) < 4.78 is 5.93. The number of nitrogens with zero attached hydrogens (tertiary/aromatic N) is 1. The Balaban J connectivity index is 1.62. The summed E-state index contributed by atoms with van der Waals surface area (Å²) in [6, 6.07) is 20.8. The first-order valence-corrected chi connectivity index (χ1v) is 11.3. The van der Waals surface area contributed by atoms with E-state index in [2.05, 4.69) is 5.32 Å². The molecule has 1 fully saturated rings. The number of carboxylic acid groups (broad SMARTS) is 1. The van der Waals surface area contributed by atoms with Gasteiger partial charge in [0, 0.05) is 5.56 Å². The Bertz CT molecular complexity index is 1350. The Morgan fingerprint density at radius 3 is 2.43 bits per heavy atom. The van der Waals surface area contributed by atoms with Crippen molar-refractivity contribution in [3.8, 4) is 5.75 Å². The minimum absolute atomic E-state index is 0.0346. The molecule has 1 saturated heterocycles. The number of amides is 2. The summed E-state index contributed by atoms with van der Waals surface area (Å²) in [5.41, 5.74) is 3.00. The van der Waals surface area contributed by atoms with Crippen molar-refractivity contribution >= 4 is 46.9 Å². The van der Waals surface area contributed by atoms with Crippen LogP contribution in [-0.4, -0.2) is 28.0 Å². The standard InChI is InChI=1S/C27H22N2O5S/c1-2-18-7-3-5-9-22(18)29-25(31)21(24(30)28-27(29)35)15-20-8-4-6-10-23(20)34-16-17-11-13-19(14-12-17)26(32)33/h3-15H,2,16H2,1H3,(H,32,33)(H,28,30,35)/b21-15+. The van der Waals surface area contributed by atoms with Crippen molar-refractivity contribution in [3.05, 3.63) is 101 Å². The summed E-state index contributed by atoms with van der Waals surface area (Å²) in [6.07, 6.45) is 2.18. The molecule has 35 heavy (non-hydrogen) atoms. The van der Waals surface area contributed by atoms with Gasteiger partial charge in [0.15, 0.2) is 5.11 Å². The molecule has 0 unspecified atom stereocenters. The number of nitrogens with one attached hydrogen (secondary N) is 1. The van der Waals surface area contributed by atoms with E-state index in [0.717, 1.165) is 11.1 Å². The number of carbonyl (C=O) groups is 3. The molecule has 8 heteroatoms. The van der Waals surface area contributed by atoms with Crippen molar-refractivity contribution < 1.29 is 24.2 Å². The summed E-state index contributed by atoms with van der Waals surface area (Å²) in [5.74, 6) is -1.63. The first-order chi connectivity index (χ1) is 16.9. The van der Waals surface area contributed by atoms with Crippen LogP contribution in [-0.2, 0) is 22.6 Å². The molecule has 0 bridgehead atoms. The molecule has 0 aromatic heterocycles. The topological polar surface area (TPSA) is 95.9 Å². The normalized spacial score (nSPS) is 14.7. The zero-order valence-corrected chi connectivity index (χ0v) is 19.7. The highest BCUT2D eigenvalue weighted by Crippen LogP contribution is 2.28. The Morgan fingerprint density at radius 1 is 1.03 bits per heavy atom. The van der Waals surface area contributed by atoms with Crippen LogP contribution in [0.1, 0.15) is 34.0 Å². The number of benzene rings is 3. The van der Waals surface area contributed by atoms with Gasteiger partial charge in [0.05, 0.1) is 11.3 Å². The Morgan fingerprint density at radius 2 is 1.71 bits per heavy atom. The van der Waals surface area contributed by atoms with Crippen molar-refractivity contribution in [3.63, 3.8) is 0 Å². The van der Waals surface area contributed by atoms with Crippen LogP contribution in [0.4, 0.5) is 5.69 Å². The van der Waals surface area contributed by atoms with Crippen LogP contribution in [0.3, 0.4) is 0 Å². The van der Waals surface area contributed by atoms with E-state index in [1.807, 2.05) is 25.1 Å². The number of hydrogen-bond donors (Lipinski definition) is 2. The maximum Gasteiger partial charge on any atom is 0.335 e.